The third-order valence-electron chi connectivity index (χ3n) is 2.63. The number of nitrogen functional groups attached to an aromatic ring is 1. The molecule has 7 nitrogen and oxygen atoms in total. The molecule has 0 fully saturated rings. The van der Waals surface area contributed by atoms with Gasteiger partial charge in [0.25, 0.3) is 11.6 Å². The third kappa shape index (κ3) is 3.87. The van der Waals surface area contributed by atoms with Gasteiger partial charge in [-0.15, -0.1) is 0 Å². The van der Waals surface area contributed by atoms with Gasteiger partial charge in [-0.1, -0.05) is 12.1 Å². The zero-order valence-electron chi connectivity index (χ0n) is 10.9. The maximum atomic E-state index is 11.7. The first-order valence-electron chi connectivity index (χ1n) is 5.99. The van der Waals surface area contributed by atoms with Gasteiger partial charge in [-0.3, -0.25) is 14.9 Å². The van der Waals surface area contributed by atoms with Gasteiger partial charge in [-0.25, -0.2) is 5.43 Å². The molecule has 21 heavy (non-hydrogen) atoms. The minimum absolute atomic E-state index is 0.0381. The van der Waals surface area contributed by atoms with E-state index in [2.05, 4.69) is 10.5 Å². The van der Waals surface area contributed by atoms with Crippen LogP contribution in [-0.2, 0) is 0 Å². The van der Waals surface area contributed by atoms with Crippen LogP contribution in [-0.4, -0.2) is 17.0 Å². The average Bonchev–Trinajstić information content (AvgIpc) is 2.48. The Labute approximate surface area is 120 Å². The average molecular weight is 284 g/mol. The summed E-state index contributed by atoms with van der Waals surface area (Å²) in [6.07, 6.45) is 1.34. The Kier molecular flexibility index (Phi) is 4.25. The van der Waals surface area contributed by atoms with Crippen molar-refractivity contribution in [3.63, 3.8) is 0 Å². The van der Waals surface area contributed by atoms with Gasteiger partial charge in [0.05, 0.1) is 11.1 Å². The molecule has 7 heteroatoms. The van der Waals surface area contributed by atoms with Gasteiger partial charge >= 0.3 is 0 Å². The molecule has 2 rings (SSSR count). The largest absolute Gasteiger partial charge is 0.399 e. The van der Waals surface area contributed by atoms with Crippen molar-refractivity contribution < 1.29 is 9.72 Å². The topological polar surface area (TPSA) is 111 Å². The standard InChI is InChI=1S/C14H12N4O3/c15-12-6-4-11(5-7-12)14(19)17-16-9-10-2-1-3-13(8-10)18(20)21/h1-9H,15H2,(H,17,19)/b16-9-. The van der Waals surface area contributed by atoms with Crippen LogP contribution in [0.5, 0.6) is 0 Å². The second kappa shape index (κ2) is 6.29. The highest BCUT2D eigenvalue weighted by molar-refractivity contribution is 5.95. The number of benzene rings is 2. The lowest BCUT2D eigenvalue weighted by molar-refractivity contribution is -0.384. The van der Waals surface area contributed by atoms with E-state index in [0.717, 1.165) is 0 Å². The quantitative estimate of drug-likeness (QED) is 0.387. The Balaban J connectivity index is 2.02. The molecule has 0 aliphatic heterocycles. The molecule has 2 aromatic rings. The second-order valence-electron chi connectivity index (χ2n) is 4.17. The molecule has 0 unspecified atom stereocenters. The van der Waals surface area contributed by atoms with E-state index in [4.69, 9.17) is 5.73 Å². The number of nitro benzene ring substituents is 1. The zero-order valence-corrected chi connectivity index (χ0v) is 10.9. The monoisotopic (exact) mass is 284 g/mol. The third-order valence-corrected chi connectivity index (χ3v) is 2.63. The summed E-state index contributed by atoms with van der Waals surface area (Å²) in [6.45, 7) is 0. The van der Waals surface area contributed by atoms with Crippen LogP contribution in [0.4, 0.5) is 11.4 Å². The number of non-ortho nitro benzene ring substituents is 1. The molecular formula is C14H12N4O3. The maximum absolute atomic E-state index is 11.7. The highest BCUT2D eigenvalue weighted by Crippen LogP contribution is 2.11. The van der Waals surface area contributed by atoms with E-state index in [1.165, 1.54) is 18.3 Å². The lowest BCUT2D eigenvalue weighted by Gasteiger charge is -2.00. The van der Waals surface area contributed by atoms with Crippen molar-refractivity contribution in [2.75, 3.05) is 5.73 Å². The van der Waals surface area contributed by atoms with Crippen LogP contribution in [0, 0.1) is 10.1 Å². The Bertz CT molecular complexity index is 696. The van der Waals surface area contributed by atoms with Crippen LogP contribution < -0.4 is 11.2 Å². The number of hydrogen-bond acceptors (Lipinski definition) is 5. The fourth-order valence-electron chi connectivity index (χ4n) is 1.58. The minimum atomic E-state index is -0.496. The maximum Gasteiger partial charge on any atom is 0.271 e. The fourth-order valence-corrected chi connectivity index (χ4v) is 1.58. The molecule has 1 amide bonds. The summed E-state index contributed by atoms with van der Waals surface area (Å²) in [5.74, 6) is -0.392. The number of hydrogen-bond donors (Lipinski definition) is 2. The number of nitrogens with two attached hydrogens (primary N) is 1. The predicted octanol–water partition coefficient (Wildman–Crippen LogP) is 1.94. The molecule has 0 bridgehead atoms. The highest BCUT2D eigenvalue weighted by atomic mass is 16.6. The molecule has 3 N–H and O–H groups in total. The van der Waals surface area contributed by atoms with Crippen molar-refractivity contribution in [1.82, 2.24) is 5.43 Å². The Morgan fingerprint density at radius 1 is 1.24 bits per heavy atom. The van der Waals surface area contributed by atoms with Gasteiger partial charge in [0, 0.05) is 28.9 Å². The summed E-state index contributed by atoms with van der Waals surface area (Å²) in [6, 6.07) is 12.3. The summed E-state index contributed by atoms with van der Waals surface area (Å²) < 4.78 is 0. The van der Waals surface area contributed by atoms with Crippen LogP contribution in [0.3, 0.4) is 0 Å². The molecule has 0 aliphatic rings. The number of rotatable bonds is 4. The molecule has 0 atom stereocenters. The fraction of sp³-hybridized carbons (Fsp3) is 0. The van der Waals surface area contributed by atoms with Crippen LogP contribution >= 0.6 is 0 Å². The van der Waals surface area contributed by atoms with Crippen LogP contribution in [0.25, 0.3) is 0 Å². The zero-order chi connectivity index (χ0) is 15.2. The first-order valence-corrected chi connectivity index (χ1v) is 5.99. The van der Waals surface area contributed by atoms with Gasteiger partial charge in [-0.05, 0) is 24.3 Å². The number of nitrogens with zero attached hydrogens (tertiary/aromatic N) is 2. The van der Waals surface area contributed by atoms with Crippen molar-refractivity contribution in [3.8, 4) is 0 Å². The van der Waals surface area contributed by atoms with Gasteiger partial charge < -0.3 is 5.73 Å². The van der Waals surface area contributed by atoms with Crippen molar-refractivity contribution in [1.29, 1.82) is 0 Å². The SMILES string of the molecule is Nc1ccc(C(=O)N/N=C\c2cccc([N+](=O)[O-])c2)cc1. The number of nitrogens with one attached hydrogen (secondary N) is 1. The molecule has 0 aromatic heterocycles. The van der Waals surface area contributed by atoms with Crippen molar-refractivity contribution in [2.24, 2.45) is 5.10 Å². The van der Waals surface area contributed by atoms with Crippen LogP contribution in [0.2, 0.25) is 0 Å². The Morgan fingerprint density at radius 3 is 2.62 bits per heavy atom. The lowest BCUT2D eigenvalue weighted by atomic mass is 10.2. The van der Waals surface area contributed by atoms with E-state index in [0.29, 0.717) is 16.8 Å². The van der Waals surface area contributed by atoms with E-state index >= 15 is 0 Å². The van der Waals surface area contributed by atoms with Crippen LogP contribution in [0.15, 0.2) is 53.6 Å². The summed E-state index contributed by atoms with van der Waals surface area (Å²) in [5, 5.41) is 14.4. The smallest absolute Gasteiger partial charge is 0.271 e. The van der Waals surface area contributed by atoms with Crippen molar-refractivity contribution in [3.05, 3.63) is 69.8 Å². The number of carbonyl (C=O) groups excluding carboxylic acids is 1. The van der Waals surface area contributed by atoms with Gasteiger partial charge in [0.15, 0.2) is 0 Å². The van der Waals surface area contributed by atoms with Gasteiger partial charge in [-0.2, -0.15) is 5.10 Å². The lowest BCUT2D eigenvalue weighted by Crippen LogP contribution is -2.17. The molecule has 0 saturated carbocycles. The number of amides is 1. The molecular weight excluding hydrogens is 272 g/mol. The molecule has 0 heterocycles. The minimum Gasteiger partial charge on any atom is -0.399 e. The van der Waals surface area contributed by atoms with E-state index in [1.54, 1.807) is 36.4 Å². The number of anilines is 1. The first kappa shape index (κ1) is 14.2. The summed E-state index contributed by atoms with van der Waals surface area (Å²) >= 11 is 0. The molecule has 106 valence electrons. The Morgan fingerprint density at radius 2 is 1.95 bits per heavy atom. The summed E-state index contributed by atoms with van der Waals surface area (Å²) in [7, 11) is 0. The molecule has 0 aliphatic carbocycles. The van der Waals surface area contributed by atoms with Gasteiger partial charge in [0.2, 0.25) is 0 Å². The normalized spacial score (nSPS) is 10.5. The van der Waals surface area contributed by atoms with E-state index in [1.807, 2.05) is 0 Å². The predicted molar refractivity (Wildman–Crippen MR) is 79.0 cm³/mol. The van der Waals surface area contributed by atoms with E-state index < -0.39 is 10.8 Å². The van der Waals surface area contributed by atoms with Crippen molar-refractivity contribution in [2.45, 2.75) is 0 Å². The molecule has 0 radical (unpaired) electrons. The van der Waals surface area contributed by atoms with E-state index in [9.17, 15) is 14.9 Å². The number of hydrazone groups is 1. The Hall–Kier alpha value is -3.22. The highest BCUT2D eigenvalue weighted by Gasteiger charge is 2.05. The van der Waals surface area contributed by atoms with Crippen molar-refractivity contribution >= 4 is 23.5 Å². The summed E-state index contributed by atoms with van der Waals surface area (Å²) in [4.78, 5) is 21.9. The summed E-state index contributed by atoms with van der Waals surface area (Å²) in [5.41, 5.74) is 9.32. The van der Waals surface area contributed by atoms with E-state index in [-0.39, 0.29) is 5.69 Å². The second-order valence-corrected chi connectivity index (χ2v) is 4.17. The number of nitro groups is 1. The molecule has 2 aromatic carbocycles. The molecule has 0 spiro atoms. The first-order chi connectivity index (χ1) is 10.1. The number of carbonyl (C=O) groups is 1. The molecule has 0 saturated heterocycles. The van der Waals surface area contributed by atoms with Crippen LogP contribution in [0.1, 0.15) is 15.9 Å². The van der Waals surface area contributed by atoms with Gasteiger partial charge in [0.1, 0.15) is 0 Å².